The number of aromatic nitrogens is 5. The molecule has 0 bridgehead atoms. The summed E-state index contributed by atoms with van der Waals surface area (Å²) in [5.74, 6) is 0.847. The summed E-state index contributed by atoms with van der Waals surface area (Å²) in [6, 6.07) is 36.6. The van der Waals surface area contributed by atoms with E-state index in [-0.39, 0.29) is 21.1 Å². The van der Waals surface area contributed by atoms with Crippen LogP contribution in [0.15, 0.2) is 110 Å². The molecule has 39 heavy (non-hydrogen) atoms. The van der Waals surface area contributed by atoms with Crippen LogP contribution in [0.2, 0.25) is 0 Å². The first kappa shape index (κ1) is 24.9. The van der Waals surface area contributed by atoms with Gasteiger partial charge in [-0.05, 0) is 35.5 Å². The molecule has 0 N–H and O–H groups in total. The van der Waals surface area contributed by atoms with Gasteiger partial charge in [0.15, 0.2) is 0 Å². The summed E-state index contributed by atoms with van der Waals surface area (Å²) < 4.78 is 6.17. The minimum atomic E-state index is 0. The number of fused-ring (bicyclic) bond motifs is 3. The van der Waals surface area contributed by atoms with Gasteiger partial charge in [-0.2, -0.15) is 6.07 Å². The van der Waals surface area contributed by atoms with E-state index in [2.05, 4.69) is 92.2 Å². The van der Waals surface area contributed by atoms with Crippen LogP contribution in [-0.2, 0) is 35.2 Å². The van der Waals surface area contributed by atoms with E-state index in [1.54, 1.807) is 0 Å². The predicted molar refractivity (Wildman–Crippen MR) is 152 cm³/mol. The molecule has 7 heteroatoms. The maximum absolute atomic E-state index is 4.67. The number of benzene rings is 4. The van der Waals surface area contributed by atoms with E-state index in [1.165, 1.54) is 5.39 Å². The minimum absolute atomic E-state index is 0. The Morgan fingerprint density at radius 2 is 1.54 bits per heavy atom. The van der Waals surface area contributed by atoms with Crippen molar-refractivity contribution in [3.05, 3.63) is 122 Å². The molecule has 0 atom stereocenters. The molecule has 3 heterocycles. The first-order valence-electron chi connectivity index (χ1n) is 12.5. The van der Waals surface area contributed by atoms with Gasteiger partial charge in [-0.3, -0.25) is 4.98 Å². The maximum Gasteiger partial charge on any atom is 2.00 e. The number of aryl methyl sites for hydroxylation is 2. The molecule has 0 spiro atoms. The van der Waals surface area contributed by atoms with Crippen molar-refractivity contribution in [2.45, 2.75) is 0 Å². The van der Waals surface area contributed by atoms with Crippen LogP contribution in [0.4, 0.5) is 17.1 Å². The Labute approximate surface area is 241 Å². The van der Waals surface area contributed by atoms with Gasteiger partial charge in [0.25, 0.3) is 0 Å². The first-order valence-corrected chi connectivity index (χ1v) is 12.5. The van der Waals surface area contributed by atoms with Gasteiger partial charge in [-0.25, -0.2) is 4.98 Å². The zero-order chi connectivity index (χ0) is 25.6. The predicted octanol–water partition coefficient (Wildman–Crippen LogP) is 6.99. The van der Waals surface area contributed by atoms with Crippen LogP contribution in [0.5, 0.6) is 0 Å². The van der Waals surface area contributed by atoms with Crippen LogP contribution in [0.25, 0.3) is 39.0 Å². The molecule has 6 nitrogen and oxygen atoms in total. The second-order valence-electron chi connectivity index (χ2n) is 9.34. The van der Waals surface area contributed by atoms with Gasteiger partial charge >= 0.3 is 21.1 Å². The molecule has 0 fully saturated rings. The molecule has 0 aliphatic carbocycles. The Balaban J connectivity index is 0.00000277. The van der Waals surface area contributed by atoms with E-state index < -0.39 is 0 Å². The maximum atomic E-state index is 4.67. The number of nitrogens with zero attached hydrogens (tertiary/aromatic N) is 6. The van der Waals surface area contributed by atoms with Crippen molar-refractivity contribution >= 4 is 38.9 Å². The number of para-hydroxylation sites is 2. The van der Waals surface area contributed by atoms with Crippen LogP contribution in [-0.4, -0.2) is 23.7 Å². The first-order chi connectivity index (χ1) is 18.7. The Morgan fingerprint density at radius 3 is 2.31 bits per heavy atom. The molecule has 4 aromatic carbocycles. The third-order valence-electron chi connectivity index (χ3n) is 6.82. The fraction of sp³-hybridized carbons (Fsp3) is 0.0625. The van der Waals surface area contributed by atoms with Crippen molar-refractivity contribution < 1.29 is 21.1 Å². The van der Waals surface area contributed by atoms with Crippen molar-refractivity contribution in [2.24, 2.45) is 14.1 Å². The van der Waals surface area contributed by atoms with Gasteiger partial charge in [-0.1, -0.05) is 47.6 Å². The molecule has 0 saturated carbocycles. The summed E-state index contributed by atoms with van der Waals surface area (Å²) >= 11 is 0. The van der Waals surface area contributed by atoms with Gasteiger partial charge in [0.2, 0.25) is 5.95 Å². The van der Waals surface area contributed by atoms with Crippen molar-refractivity contribution in [3.8, 4) is 17.2 Å². The van der Waals surface area contributed by atoms with Crippen LogP contribution >= 0.6 is 0 Å². The molecule has 192 valence electrons. The van der Waals surface area contributed by atoms with Gasteiger partial charge in [0.1, 0.15) is 0 Å². The van der Waals surface area contributed by atoms with Crippen molar-refractivity contribution in [2.75, 3.05) is 4.90 Å². The van der Waals surface area contributed by atoms with Gasteiger partial charge in [-0.15, -0.1) is 47.3 Å². The number of hydrogen-bond donors (Lipinski definition) is 0. The summed E-state index contributed by atoms with van der Waals surface area (Å²) in [4.78, 5) is 11.4. The Bertz CT molecular complexity index is 1910. The molecular formula is C32H24N6Pt. The fourth-order valence-electron chi connectivity index (χ4n) is 5.07. The minimum Gasteiger partial charge on any atom is -0.352 e. The number of hydrogen-bond acceptors (Lipinski definition) is 3. The van der Waals surface area contributed by atoms with Crippen LogP contribution < -0.4 is 4.90 Å². The standard InChI is InChI=1S/C32H24N6.Pt/c1-35-21-29(34-22-35)23-9-8-12-25(19-23)37(24-10-4-3-5-11-24)26-15-16-28-27-13-6-7-14-30(27)38(31(28)20-26)32-33-17-18-36(32)2;/h3-18,21-22H,1-2H3;/q-2;+2. The third kappa shape index (κ3) is 4.27. The largest absolute Gasteiger partial charge is 2.00 e. The zero-order valence-electron chi connectivity index (χ0n) is 21.4. The van der Waals surface area contributed by atoms with Crippen LogP contribution in [0, 0.1) is 12.1 Å². The second-order valence-corrected chi connectivity index (χ2v) is 9.34. The zero-order valence-corrected chi connectivity index (χ0v) is 23.7. The Kier molecular flexibility index (Phi) is 6.41. The number of imidazole rings is 2. The van der Waals surface area contributed by atoms with Crippen molar-refractivity contribution in [3.63, 3.8) is 0 Å². The molecular weight excluding hydrogens is 663 g/mol. The molecule has 0 saturated heterocycles. The summed E-state index contributed by atoms with van der Waals surface area (Å²) in [6.07, 6.45) is 7.61. The summed E-state index contributed by atoms with van der Waals surface area (Å²) in [5, 5.41) is 2.30. The monoisotopic (exact) mass is 687 g/mol. The number of anilines is 3. The third-order valence-corrected chi connectivity index (χ3v) is 6.82. The molecule has 7 rings (SSSR count). The average molecular weight is 688 g/mol. The van der Waals surface area contributed by atoms with E-state index in [4.69, 9.17) is 0 Å². The molecule has 0 unspecified atom stereocenters. The second kappa shape index (κ2) is 10.0. The molecule has 3 aromatic heterocycles. The summed E-state index contributed by atoms with van der Waals surface area (Å²) in [5.41, 5.74) is 6.74. The van der Waals surface area contributed by atoms with Gasteiger partial charge in [0.05, 0.1) is 6.33 Å². The van der Waals surface area contributed by atoms with Crippen molar-refractivity contribution in [1.82, 2.24) is 23.7 Å². The van der Waals surface area contributed by atoms with Crippen LogP contribution in [0.1, 0.15) is 0 Å². The van der Waals surface area contributed by atoms with Crippen molar-refractivity contribution in [1.29, 1.82) is 0 Å². The molecule has 0 amide bonds. The molecule has 0 radical (unpaired) electrons. The Morgan fingerprint density at radius 1 is 0.744 bits per heavy atom. The van der Waals surface area contributed by atoms with E-state index in [0.29, 0.717) is 0 Å². The molecule has 7 aromatic rings. The normalized spacial score (nSPS) is 11.1. The topological polar surface area (TPSA) is 43.8 Å². The van der Waals surface area contributed by atoms with E-state index >= 15 is 0 Å². The Hall–Kier alpha value is -4.41. The molecule has 0 aliphatic heterocycles. The summed E-state index contributed by atoms with van der Waals surface area (Å²) in [6.45, 7) is 0. The quantitative estimate of drug-likeness (QED) is 0.184. The van der Waals surface area contributed by atoms with Crippen LogP contribution in [0.3, 0.4) is 0 Å². The van der Waals surface area contributed by atoms with Gasteiger partial charge < -0.3 is 18.6 Å². The average Bonchev–Trinajstić information content (AvgIpc) is 3.66. The molecule has 0 aliphatic rings. The van der Waals surface area contributed by atoms with E-state index in [9.17, 15) is 0 Å². The van der Waals surface area contributed by atoms with E-state index in [0.717, 1.165) is 50.7 Å². The van der Waals surface area contributed by atoms with E-state index in [1.807, 2.05) is 72.4 Å². The number of rotatable bonds is 5. The summed E-state index contributed by atoms with van der Waals surface area (Å²) in [7, 11) is 3.99. The van der Waals surface area contributed by atoms with Gasteiger partial charge in [0, 0.05) is 43.4 Å². The smallest absolute Gasteiger partial charge is 0.352 e. The fourth-order valence-corrected chi connectivity index (χ4v) is 5.07. The SMILES string of the molecule is Cn1cnc(-c2[c-]c(N(c3[c-]c4c(cc3)c3ccccc3n4-c3nccn3C)c3ccccc3)ccc2)c1.[Pt+2].